The predicted molar refractivity (Wildman–Crippen MR) is 152 cm³/mol. The Balaban J connectivity index is 1.33. The molecule has 4 heterocycles. The number of nitrogens with zero attached hydrogens (tertiary/aromatic N) is 4. The Kier molecular flexibility index (Phi) is 8.39. The number of hydrogen-bond donors (Lipinski definition) is 4. The Labute approximate surface area is 233 Å². The third-order valence-electron chi connectivity index (χ3n) is 6.89. The quantitative estimate of drug-likeness (QED) is 0.395. The van der Waals surface area contributed by atoms with Gasteiger partial charge in [0.1, 0.15) is 17.7 Å². The maximum Gasteiger partial charge on any atom is 0.319 e. The number of carbonyl (C=O) groups excluding carboxylic acids is 2. The van der Waals surface area contributed by atoms with Crippen LogP contribution >= 0.6 is 0 Å². The molecule has 4 N–H and O–H groups in total. The van der Waals surface area contributed by atoms with Crippen molar-refractivity contribution in [2.24, 2.45) is 4.99 Å². The Morgan fingerprint density at radius 2 is 2.02 bits per heavy atom. The number of urea groups is 1. The van der Waals surface area contributed by atoms with Crippen LogP contribution in [-0.2, 0) is 9.47 Å². The summed E-state index contributed by atoms with van der Waals surface area (Å²) in [6.45, 7) is 7.20. The van der Waals surface area contributed by atoms with Gasteiger partial charge < -0.3 is 30.3 Å². The minimum atomic E-state index is -0.287. The Morgan fingerprint density at radius 3 is 2.77 bits per heavy atom. The fourth-order valence-corrected chi connectivity index (χ4v) is 4.85. The van der Waals surface area contributed by atoms with Gasteiger partial charge in [0.2, 0.25) is 0 Å². The molecule has 40 heavy (non-hydrogen) atoms. The topological polar surface area (TPSA) is 125 Å². The zero-order chi connectivity index (χ0) is 28.1. The highest BCUT2D eigenvalue weighted by Crippen LogP contribution is 2.28. The van der Waals surface area contributed by atoms with E-state index in [0.717, 1.165) is 33.4 Å². The molecule has 12 nitrogen and oxygen atoms in total. The first-order valence-corrected chi connectivity index (χ1v) is 13.3. The highest BCUT2D eigenvalue weighted by atomic mass is 16.5. The number of anilines is 3. The molecular formula is C28H35N8O4+. The normalized spacial score (nSPS) is 18.9. The molecule has 5 rings (SSSR count). The lowest BCUT2D eigenvalue weighted by Gasteiger charge is -2.31. The van der Waals surface area contributed by atoms with Crippen molar-refractivity contribution in [2.45, 2.75) is 19.9 Å². The van der Waals surface area contributed by atoms with Crippen LogP contribution in [0.3, 0.4) is 0 Å². The van der Waals surface area contributed by atoms with Gasteiger partial charge in [-0.3, -0.25) is 9.69 Å². The molecule has 0 saturated carbocycles. The average Bonchev–Trinajstić information content (AvgIpc) is 3.44. The number of nitrogens with one attached hydrogen (secondary N) is 4. The molecule has 0 spiro atoms. The number of aliphatic imine (C=N–C) groups is 1. The first kappa shape index (κ1) is 27.3. The number of amides is 3. The van der Waals surface area contributed by atoms with Gasteiger partial charge in [0, 0.05) is 38.3 Å². The Morgan fingerprint density at radius 1 is 1.20 bits per heavy atom. The summed E-state index contributed by atoms with van der Waals surface area (Å²) >= 11 is 0. The van der Waals surface area contributed by atoms with Crippen molar-refractivity contribution in [1.29, 1.82) is 0 Å². The third-order valence-corrected chi connectivity index (χ3v) is 6.89. The standard InChI is InChI=1S/C28H34N8O4/c1-19(17-39-3)31-28(38)33-22-5-4-6-24(20(22)2)36-16-23(26-29-9-10-35(26)18-36)32-25-8-7-21(15-30-25)27(37)34-11-13-40-14-12-34/h4-10,15-16,19H,11-14,17-18H2,1-3H3,(H,30,32)(H2,31,33,38)/p+1. The van der Waals surface area contributed by atoms with Gasteiger partial charge >= 0.3 is 6.03 Å². The average molecular weight is 548 g/mol. The fourth-order valence-electron chi connectivity index (χ4n) is 4.85. The summed E-state index contributed by atoms with van der Waals surface area (Å²) < 4.78 is 10.4. The molecule has 3 aliphatic rings. The monoisotopic (exact) mass is 547 g/mol. The first-order valence-electron chi connectivity index (χ1n) is 13.3. The number of benzene rings is 1. The molecule has 210 valence electrons. The smallest absolute Gasteiger partial charge is 0.319 e. The summed E-state index contributed by atoms with van der Waals surface area (Å²) in [5, 5.41) is 9.20. The molecule has 0 aliphatic carbocycles. The van der Waals surface area contributed by atoms with Gasteiger partial charge in [-0.15, -0.1) is 0 Å². The number of hydrogen-bond acceptors (Lipinski definition) is 8. The van der Waals surface area contributed by atoms with Crippen molar-refractivity contribution >= 4 is 35.0 Å². The molecular weight excluding hydrogens is 512 g/mol. The van der Waals surface area contributed by atoms with Crippen LogP contribution in [0.15, 0.2) is 65.8 Å². The molecule has 3 aliphatic heterocycles. The maximum absolute atomic E-state index is 12.8. The number of methoxy groups -OCH3 is 1. The van der Waals surface area contributed by atoms with Gasteiger partial charge in [-0.2, -0.15) is 4.99 Å². The van der Waals surface area contributed by atoms with E-state index in [-0.39, 0.29) is 18.0 Å². The molecule has 0 bridgehead atoms. The molecule has 2 unspecified atom stereocenters. The first-order chi connectivity index (χ1) is 19.4. The van der Waals surface area contributed by atoms with Crippen LogP contribution in [0.2, 0.25) is 0 Å². The van der Waals surface area contributed by atoms with E-state index in [1.807, 2.05) is 44.4 Å². The van der Waals surface area contributed by atoms with E-state index in [2.05, 4.69) is 30.8 Å². The number of amidine groups is 1. The van der Waals surface area contributed by atoms with Crippen LogP contribution in [0.5, 0.6) is 0 Å². The van der Waals surface area contributed by atoms with E-state index >= 15 is 0 Å². The van der Waals surface area contributed by atoms with Crippen molar-refractivity contribution in [2.75, 3.05) is 62.2 Å². The van der Waals surface area contributed by atoms with Crippen molar-refractivity contribution < 1.29 is 24.0 Å². The molecule has 0 radical (unpaired) electrons. The second-order valence-corrected chi connectivity index (χ2v) is 9.86. The second kappa shape index (κ2) is 12.3. The zero-order valence-corrected chi connectivity index (χ0v) is 22.9. The molecule has 3 amide bonds. The summed E-state index contributed by atoms with van der Waals surface area (Å²) in [6, 6.07) is 9.00. The fraction of sp³-hybridized carbons (Fsp3) is 0.357. The highest BCUT2D eigenvalue weighted by molar-refractivity contribution is 5.98. The van der Waals surface area contributed by atoms with E-state index < -0.39 is 0 Å². The number of morpholine rings is 1. The molecule has 2 atom stereocenters. The lowest BCUT2D eigenvalue weighted by atomic mass is 10.1. The lowest BCUT2D eigenvalue weighted by molar-refractivity contribution is -0.743. The minimum absolute atomic E-state index is 0.0452. The zero-order valence-electron chi connectivity index (χ0n) is 22.9. The Hall–Kier alpha value is -4.26. The van der Waals surface area contributed by atoms with E-state index in [1.54, 1.807) is 36.5 Å². The summed E-state index contributed by atoms with van der Waals surface area (Å²) in [4.78, 5) is 39.3. The van der Waals surface area contributed by atoms with Crippen LogP contribution in [0.4, 0.5) is 22.0 Å². The number of pyridine rings is 1. The van der Waals surface area contributed by atoms with Crippen LogP contribution in [-0.4, -0.2) is 80.4 Å². The molecule has 2 aromatic rings. The van der Waals surface area contributed by atoms with Crippen molar-refractivity contribution in [1.82, 2.24) is 15.2 Å². The summed E-state index contributed by atoms with van der Waals surface area (Å²) in [5.41, 5.74) is 3.93. The number of quaternary nitrogens is 1. The summed E-state index contributed by atoms with van der Waals surface area (Å²) in [5.74, 6) is 1.41. The molecule has 1 aromatic heterocycles. The maximum atomic E-state index is 12.8. The minimum Gasteiger partial charge on any atom is -0.383 e. The van der Waals surface area contributed by atoms with Gasteiger partial charge in [0.05, 0.1) is 43.3 Å². The second-order valence-electron chi connectivity index (χ2n) is 9.86. The van der Waals surface area contributed by atoms with Crippen LogP contribution in [0.25, 0.3) is 0 Å². The lowest BCUT2D eigenvalue weighted by Crippen LogP contribution is -3.12. The number of carbonyl (C=O) groups is 2. The van der Waals surface area contributed by atoms with Crippen LogP contribution in [0, 0.1) is 6.92 Å². The van der Waals surface area contributed by atoms with Crippen molar-refractivity contribution in [3.05, 3.63) is 72.0 Å². The van der Waals surface area contributed by atoms with E-state index in [9.17, 15) is 9.59 Å². The molecule has 1 fully saturated rings. The van der Waals surface area contributed by atoms with E-state index in [1.165, 1.54) is 0 Å². The number of ether oxygens (including phenoxy) is 2. The highest BCUT2D eigenvalue weighted by Gasteiger charge is 2.32. The van der Waals surface area contributed by atoms with Gasteiger partial charge in [0.25, 0.3) is 11.7 Å². The Bertz CT molecular complexity index is 1330. The van der Waals surface area contributed by atoms with Gasteiger partial charge in [-0.05, 0) is 43.7 Å². The van der Waals surface area contributed by atoms with Crippen LogP contribution < -0.4 is 25.8 Å². The SMILES string of the molecule is COCC(C)NC(=O)Nc1cccc(N2C=C(Nc3ccc(C(=O)N4CCOCC4)cn3)C3=NC=C[NH+]3C2)c1C. The van der Waals surface area contributed by atoms with Gasteiger partial charge in [0.15, 0.2) is 6.67 Å². The van der Waals surface area contributed by atoms with Gasteiger partial charge in [-0.25, -0.2) is 14.7 Å². The number of aromatic nitrogens is 1. The number of fused-ring (bicyclic) bond motifs is 1. The van der Waals surface area contributed by atoms with Crippen LogP contribution in [0.1, 0.15) is 22.8 Å². The van der Waals surface area contributed by atoms with E-state index in [0.29, 0.717) is 51.0 Å². The van der Waals surface area contributed by atoms with Crippen molar-refractivity contribution in [3.8, 4) is 0 Å². The summed E-state index contributed by atoms with van der Waals surface area (Å²) in [6.07, 6.45) is 7.38. The largest absolute Gasteiger partial charge is 0.383 e. The van der Waals surface area contributed by atoms with E-state index in [4.69, 9.17) is 9.47 Å². The van der Waals surface area contributed by atoms with Crippen molar-refractivity contribution in [3.63, 3.8) is 0 Å². The summed E-state index contributed by atoms with van der Waals surface area (Å²) in [7, 11) is 1.60. The molecule has 12 heteroatoms. The van der Waals surface area contributed by atoms with Gasteiger partial charge in [-0.1, -0.05) is 6.07 Å². The number of rotatable bonds is 8. The third kappa shape index (κ3) is 6.14. The predicted octanol–water partition coefficient (Wildman–Crippen LogP) is 1.52. The molecule has 1 aromatic carbocycles. The molecule has 1 saturated heterocycles.